The first kappa shape index (κ1) is 24.0. The number of hydrogen-bond donors (Lipinski definition) is 0. The first-order valence-electron chi connectivity index (χ1n) is 12.2. The van der Waals surface area contributed by atoms with Gasteiger partial charge in [-0.1, -0.05) is 55.3 Å². The number of unbranched alkanes of at least 4 members (excludes halogenated alkanes) is 1. The van der Waals surface area contributed by atoms with E-state index in [-0.39, 0.29) is 11.3 Å². The summed E-state index contributed by atoms with van der Waals surface area (Å²) in [4.78, 5) is 18.1. The maximum Gasteiger partial charge on any atom is 0.225 e. The number of rotatable bonds is 9. The molecule has 0 saturated heterocycles. The lowest BCUT2D eigenvalue weighted by Gasteiger charge is -2.31. The van der Waals surface area contributed by atoms with Crippen LogP contribution in [0, 0.1) is 0 Å². The summed E-state index contributed by atoms with van der Waals surface area (Å²) in [5.41, 5.74) is 1.93. The lowest BCUT2D eigenvalue weighted by molar-refractivity contribution is -0.116. The quantitative estimate of drug-likeness (QED) is 0.405. The number of nitrogens with zero attached hydrogens (tertiary/aromatic N) is 2. The molecule has 178 valence electrons. The standard InChI is InChI=1S/C27H36N2O3S/c1-20(30)29-23-15-7-8-17-25(23)33-27(29)22-14-11-16-24(31-3)26(22)32-19-10-9-18-28(2)21-12-5-4-6-13-21/h7-8,11,14-17,21,27H,4-6,9-10,12-13,18-19H2,1-3H3. The van der Waals surface area contributed by atoms with Gasteiger partial charge in [0.05, 0.1) is 19.4 Å². The third-order valence-electron chi connectivity index (χ3n) is 6.78. The van der Waals surface area contributed by atoms with Crippen LogP contribution in [0.25, 0.3) is 0 Å². The Labute approximate surface area is 202 Å². The zero-order chi connectivity index (χ0) is 23.2. The lowest BCUT2D eigenvalue weighted by atomic mass is 9.94. The van der Waals surface area contributed by atoms with E-state index in [4.69, 9.17) is 9.47 Å². The topological polar surface area (TPSA) is 42.0 Å². The van der Waals surface area contributed by atoms with Crippen molar-refractivity contribution in [3.63, 3.8) is 0 Å². The van der Waals surface area contributed by atoms with Crippen LogP contribution in [0.5, 0.6) is 11.5 Å². The van der Waals surface area contributed by atoms with Crippen LogP contribution in [0.15, 0.2) is 47.4 Å². The van der Waals surface area contributed by atoms with E-state index in [1.807, 2.05) is 41.3 Å². The number of amides is 1. The normalized spacial score (nSPS) is 18.4. The summed E-state index contributed by atoms with van der Waals surface area (Å²) in [7, 11) is 3.94. The van der Waals surface area contributed by atoms with Gasteiger partial charge in [-0.05, 0) is 57.5 Å². The lowest BCUT2D eigenvalue weighted by Crippen LogP contribution is -2.34. The smallest absolute Gasteiger partial charge is 0.225 e. The van der Waals surface area contributed by atoms with E-state index < -0.39 is 0 Å². The Hall–Kier alpha value is -2.18. The van der Waals surface area contributed by atoms with E-state index in [0.29, 0.717) is 12.4 Å². The van der Waals surface area contributed by atoms with Gasteiger partial charge in [-0.3, -0.25) is 9.69 Å². The monoisotopic (exact) mass is 468 g/mol. The predicted octanol–water partition coefficient (Wildman–Crippen LogP) is 6.28. The van der Waals surface area contributed by atoms with Crippen LogP contribution in [0.1, 0.15) is 62.8 Å². The number of thioether (sulfide) groups is 1. The molecule has 2 aromatic carbocycles. The second-order valence-corrected chi connectivity index (χ2v) is 10.2. The Bertz CT molecular complexity index is 945. The Morgan fingerprint density at radius 2 is 1.88 bits per heavy atom. The molecule has 1 heterocycles. The Balaban J connectivity index is 1.42. The largest absolute Gasteiger partial charge is 0.493 e. The maximum atomic E-state index is 12.6. The minimum atomic E-state index is -0.164. The molecule has 0 bridgehead atoms. The Kier molecular flexibility index (Phi) is 8.20. The molecule has 1 saturated carbocycles. The van der Waals surface area contributed by atoms with E-state index in [1.165, 1.54) is 32.1 Å². The van der Waals surface area contributed by atoms with Crippen molar-refractivity contribution in [3.8, 4) is 11.5 Å². The van der Waals surface area contributed by atoms with Crippen molar-refractivity contribution in [2.45, 2.75) is 68.2 Å². The van der Waals surface area contributed by atoms with Crippen molar-refractivity contribution >= 4 is 23.4 Å². The number of carbonyl (C=O) groups is 1. The van der Waals surface area contributed by atoms with Crippen LogP contribution in [0.2, 0.25) is 0 Å². The van der Waals surface area contributed by atoms with Crippen molar-refractivity contribution < 1.29 is 14.3 Å². The van der Waals surface area contributed by atoms with Crippen LogP contribution < -0.4 is 14.4 Å². The zero-order valence-electron chi connectivity index (χ0n) is 20.1. The molecule has 6 heteroatoms. The summed E-state index contributed by atoms with van der Waals surface area (Å²) in [5.74, 6) is 1.49. The van der Waals surface area contributed by atoms with Crippen LogP contribution in [0.4, 0.5) is 5.69 Å². The fourth-order valence-corrected chi connectivity index (χ4v) is 6.34. The van der Waals surface area contributed by atoms with E-state index in [2.05, 4.69) is 18.0 Å². The van der Waals surface area contributed by atoms with Gasteiger partial charge in [-0.25, -0.2) is 0 Å². The van der Waals surface area contributed by atoms with E-state index in [0.717, 1.165) is 47.3 Å². The van der Waals surface area contributed by atoms with Gasteiger partial charge in [0.1, 0.15) is 5.37 Å². The Morgan fingerprint density at radius 1 is 1.09 bits per heavy atom. The fraction of sp³-hybridized carbons (Fsp3) is 0.519. The minimum Gasteiger partial charge on any atom is -0.493 e. The summed E-state index contributed by atoms with van der Waals surface area (Å²) < 4.78 is 12.0. The SMILES string of the molecule is COc1cccc(C2Sc3ccccc3N2C(C)=O)c1OCCCCN(C)C1CCCCC1. The molecular formula is C27H36N2O3S. The third kappa shape index (κ3) is 5.49. The van der Waals surface area contributed by atoms with Gasteiger partial charge in [0, 0.05) is 23.4 Å². The van der Waals surface area contributed by atoms with Crippen molar-refractivity contribution in [1.82, 2.24) is 4.90 Å². The molecule has 1 unspecified atom stereocenters. The summed E-state index contributed by atoms with van der Waals surface area (Å²) in [6.45, 7) is 3.37. The molecule has 1 aliphatic carbocycles. The predicted molar refractivity (Wildman–Crippen MR) is 135 cm³/mol. The Morgan fingerprint density at radius 3 is 2.64 bits per heavy atom. The molecule has 2 aliphatic rings. The number of anilines is 1. The molecule has 1 aliphatic heterocycles. The number of methoxy groups -OCH3 is 1. The van der Waals surface area contributed by atoms with Crippen LogP contribution in [-0.2, 0) is 4.79 Å². The molecule has 1 atom stereocenters. The van der Waals surface area contributed by atoms with Crippen molar-refractivity contribution in [2.75, 3.05) is 32.2 Å². The van der Waals surface area contributed by atoms with Gasteiger partial charge >= 0.3 is 0 Å². The highest BCUT2D eigenvalue weighted by Gasteiger charge is 2.36. The van der Waals surface area contributed by atoms with Crippen molar-refractivity contribution in [2.24, 2.45) is 0 Å². The number of fused-ring (bicyclic) bond motifs is 1. The zero-order valence-corrected chi connectivity index (χ0v) is 20.9. The molecule has 0 N–H and O–H groups in total. The first-order chi connectivity index (χ1) is 16.1. The van der Waals surface area contributed by atoms with E-state index >= 15 is 0 Å². The maximum absolute atomic E-state index is 12.6. The van der Waals surface area contributed by atoms with Crippen LogP contribution in [-0.4, -0.2) is 44.2 Å². The van der Waals surface area contributed by atoms with Gasteiger partial charge in [0.15, 0.2) is 11.5 Å². The van der Waals surface area contributed by atoms with Crippen LogP contribution >= 0.6 is 11.8 Å². The molecule has 33 heavy (non-hydrogen) atoms. The summed E-state index contributed by atoms with van der Waals surface area (Å²) in [5, 5.41) is -0.164. The average molecular weight is 469 g/mol. The number of carbonyl (C=O) groups excluding carboxylic acids is 1. The highest BCUT2D eigenvalue weighted by Crippen LogP contribution is 2.54. The molecule has 0 aromatic heterocycles. The van der Waals surface area contributed by atoms with Gasteiger partial charge in [0.2, 0.25) is 5.91 Å². The van der Waals surface area contributed by atoms with Crippen LogP contribution in [0.3, 0.4) is 0 Å². The van der Waals surface area contributed by atoms with Crippen molar-refractivity contribution in [3.05, 3.63) is 48.0 Å². The number of hydrogen-bond acceptors (Lipinski definition) is 5. The second kappa shape index (κ2) is 11.3. The molecule has 2 aromatic rings. The van der Waals surface area contributed by atoms with E-state index in [1.54, 1.807) is 25.8 Å². The molecule has 0 spiro atoms. The molecule has 0 radical (unpaired) electrons. The second-order valence-electron chi connectivity index (χ2n) is 9.03. The average Bonchev–Trinajstić information content (AvgIpc) is 3.24. The van der Waals surface area contributed by atoms with Gasteiger partial charge in [-0.2, -0.15) is 0 Å². The number of benzene rings is 2. The fourth-order valence-electron chi connectivity index (χ4n) is 4.98. The molecule has 5 nitrogen and oxygen atoms in total. The minimum absolute atomic E-state index is 0.0250. The molecule has 4 rings (SSSR count). The number of para-hydroxylation sites is 2. The number of ether oxygens (including phenoxy) is 2. The first-order valence-corrected chi connectivity index (χ1v) is 13.0. The summed E-state index contributed by atoms with van der Waals surface area (Å²) in [6, 6.07) is 14.8. The van der Waals surface area contributed by atoms with Gasteiger partial charge in [-0.15, -0.1) is 0 Å². The molecule has 1 fully saturated rings. The van der Waals surface area contributed by atoms with Crippen molar-refractivity contribution in [1.29, 1.82) is 0 Å². The highest BCUT2D eigenvalue weighted by atomic mass is 32.2. The summed E-state index contributed by atoms with van der Waals surface area (Å²) in [6.07, 6.45) is 8.91. The van der Waals surface area contributed by atoms with Gasteiger partial charge < -0.3 is 14.4 Å². The highest BCUT2D eigenvalue weighted by molar-refractivity contribution is 8.00. The summed E-state index contributed by atoms with van der Waals surface area (Å²) >= 11 is 1.69. The van der Waals surface area contributed by atoms with Gasteiger partial charge in [0.25, 0.3) is 0 Å². The third-order valence-corrected chi connectivity index (χ3v) is 8.07. The van der Waals surface area contributed by atoms with E-state index in [9.17, 15) is 4.79 Å². The molecule has 1 amide bonds. The molecular weight excluding hydrogens is 432 g/mol.